The molecule has 0 saturated carbocycles. The molecule has 42 heteroatoms. The van der Waals surface area contributed by atoms with Crippen LogP contribution in [0, 0.1) is 0 Å². The van der Waals surface area contributed by atoms with E-state index in [0.717, 1.165) is 70.8 Å². The Morgan fingerprint density at radius 3 is 0.803 bits per heavy atom. The van der Waals surface area contributed by atoms with Gasteiger partial charge in [0.2, 0.25) is 11.8 Å². The summed E-state index contributed by atoms with van der Waals surface area (Å²) in [5.74, 6) is -10.2. The largest absolute Gasteiger partial charge is 0.463 e. The number of amides is 14. The molecule has 122 heavy (non-hydrogen) atoms. The number of carbonyl (C=O) groups excluding carboxylic acids is 23. The molecule has 0 aromatic rings. The van der Waals surface area contributed by atoms with Gasteiger partial charge in [0.15, 0.2) is 0 Å². The van der Waals surface area contributed by atoms with Gasteiger partial charge in [-0.3, -0.25) is 76.8 Å². The Labute approximate surface area is 708 Å². The highest BCUT2D eigenvalue weighted by Crippen LogP contribution is 2.20. The number of rotatable bonds is 48. The average molecular weight is 1740 g/mol. The Kier molecular flexibility index (Phi) is 57.6. The normalized spacial score (nSPS) is 15.9. The monoisotopic (exact) mass is 1740 g/mol. The van der Waals surface area contributed by atoms with Crippen LogP contribution in [0.2, 0.25) is 0 Å². The zero-order valence-electron chi connectivity index (χ0n) is 71.6. The Hall–Kier alpha value is -10.6. The predicted octanol–water partition coefficient (Wildman–Crippen LogP) is 5.96. The summed E-state index contributed by atoms with van der Waals surface area (Å²) in [6, 6.07) is 0. The van der Waals surface area contributed by atoms with Gasteiger partial charge in [0.05, 0.1) is 26.2 Å². The van der Waals surface area contributed by atoms with Gasteiger partial charge in [0.25, 0.3) is 70.9 Å². The van der Waals surface area contributed by atoms with Crippen molar-refractivity contribution in [2.75, 3.05) is 66.0 Å². The van der Waals surface area contributed by atoms with E-state index in [1.165, 1.54) is 18.7 Å². The third-order valence-corrected chi connectivity index (χ3v) is 16.9. The molecule has 686 valence electrons. The maximum absolute atomic E-state index is 11.8. The van der Waals surface area contributed by atoms with E-state index >= 15 is 0 Å². The number of ketones is 2. The van der Waals surface area contributed by atoms with Crippen LogP contribution in [-0.2, 0) is 168 Å². The zero-order valence-corrected chi connectivity index (χ0v) is 71.6. The van der Waals surface area contributed by atoms with E-state index in [9.17, 15) is 110 Å². The van der Waals surface area contributed by atoms with Crippen molar-refractivity contribution in [3.63, 3.8) is 0 Å². The molecule has 7 aliphatic rings. The number of nitrogens with zero attached hydrogens (tertiary/aromatic N) is 7. The quantitative estimate of drug-likeness (QED) is 0.0385. The first-order valence-electron chi connectivity index (χ1n) is 41.4. The SMILES string of the molecule is CC(=O)CCC(=O)ON1C(=O)CCC1=O.CC(=O)CCCC(=O)ON1C(=O)CCC1=O.CCC(=O)ON1C(=O)CCC1=O.CCCCCCC(=O)ON1C(=O)CCC1=O.CCCOCC(COC(=O)CCCC(=O)ON1C(=O)CCC1=O)OCCC.CCCOCC(COCCCCCC(=O)ON1C(=O)CCC1=O)OCCC.CCN1C(=O)CCC1=O. The lowest BCUT2D eigenvalue weighted by atomic mass is 10.2. The fraction of sp³-hybridized carbons (Fsp3) is 0.713. The lowest BCUT2D eigenvalue weighted by Gasteiger charge is -2.18. The van der Waals surface area contributed by atoms with Gasteiger partial charge in [0, 0.05) is 181 Å². The fourth-order valence-electron chi connectivity index (χ4n) is 10.4. The van der Waals surface area contributed by atoms with Gasteiger partial charge in [-0.1, -0.05) is 67.2 Å². The number of carbonyl (C=O) groups is 23. The topological polar surface area (TPSA) is 526 Å². The minimum atomic E-state index is -0.742. The van der Waals surface area contributed by atoms with E-state index in [-0.39, 0.29) is 183 Å². The van der Waals surface area contributed by atoms with E-state index in [1.807, 2.05) is 13.8 Å². The van der Waals surface area contributed by atoms with E-state index in [2.05, 4.69) is 35.3 Å². The van der Waals surface area contributed by atoms with E-state index in [0.29, 0.717) is 109 Å². The van der Waals surface area contributed by atoms with Crippen LogP contribution in [0.1, 0.15) is 293 Å². The van der Waals surface area contributed by atoms with Crippen LogP contribution in [0.4, 0.5) is 0 Å². The van der Waals surface area contributed by atoms with Crippen molar-refractivity contribution in [3.05, 3.63) is 0 Å². The second-order valence-electron chi connectivity index (χ2n) is 27.8. The lowest BCUT2D eigenvalue weighted by molar-refractivity contribution is -0.197. The predicted molar refractivity (Wildman–Crippen MR) is 415 cm³/mol. The molecule has 42 nitrogen and oxygen atoms in total. The minimum absolute atomic E-state index is 0.0128. The highest BCUT2D eigenvalue weighted by molar-refractivity contribution is 6.05. The summed E-state index contributed by atoms with van der Waals surface area (Å²) in [6.45, 7) is 21.5. The van der Waals surface area contributed by atoms with Crippen molar-refractivity contribution >= 4 is 136 Å². The van der Waals surface area contributed by atoms with Gasteiger partial charge in [-0.05, 0) is 78.6 Å². The first-order valence-corrected chi connectivity index (χ1v) is 41.4. The summed E-state index contributed by atoms with van der Waals surface area (Å²) in [5, 5.41) is 3.21. The molecular formula is C80H121N7O35. The summed E-state index contributed by atoms with van der Waals surface area (Å²) in [7, 11) is 0. The van der Waals surface area contributed by atoms with Crippen LogP contribution < -0.4 is 0 Å². The molecule has 0 aromatic heterocycles. The number of likely N-dealkylation sites (tertiary alicyclic amines) is 1. The molecule has 0 N–H and O–H groups in total. The van der Waals surface area contributed by atoms with Gasteiger partial charge in [-0.2, -0.15) is 0 Å². The van der Waals surface area contributed by atoms with Gasteiger partial charge >= 0.3 is 41.8 Å². The summed E-state index contributed by atoms with van der Waals surface area (Å²) >= 11 is 0. The van der Waals surface area contributed by atoms with Crippen LogP contribution >= 0.6 is 0 Å². The lowest BCUT2D eigenvalue weighted by Crippen LogP contribution is -2.32. The third kappa shape index (κ3) is 47.6. The summed E-state index contributed by atoms with van der Waals surface area (Å²) in [6.07, 6.45) is 12.7. The summed E-state index contributed by atoms with van der Waals surface area (Å²) < 4.78 is 33.1. The zero-order chi connectivity index (χ0) is 91.5. The molecule has 7 rings (SSSR count). The van der Waals surface area contributed by atoms with Crippen LogP contribution in [-0.4, -0.2) is 250 Å². The number of ether oxygens (including phenoxy) is 6. The van der Waals surface area contributed by atoms with Crippen molar-refractivity contribution in [1.29, 1.82) is 0 Å². The molecule has 14 amide bonds. The molecule has 0 aliphatic carbocycles. The van der Waals surface area contributed by atoms with E-state index < -0.39 is 113 Å². The van der Waals surface area contributed by atoms with Crippen molar-refractivity contribution in [3.8, 4) is 0 Å². The van der Waals surface area contributed by atoms with Crippen molar-refractivity contribution < 1.29 is 168 Å². The smallest absolute Gasteiger partial charge is 0.333 e. The van der Waals surface area contributed by atoms with Crippen molar-refractivity contribution in [2.45, 2.75) is 306 Å². The van der Waals surface area contributed by atoms with Crippen molar-refractivity contribution in [2.24, 2.45) is 0 Å². The number of imide groups is 7. The van der Waals surface area contributed by atoms with Crippen LogP contribution in [0.3, 0.4) is 0 Å². The molecular weight excluding hydrogens is 1620 g/mol. The first-order chi connectivity index (χ1) is 58.1. The third-order valence-electron chi connectivity index (χ3n) is 16.9. The second-order valence-corrected chi connectivity index (χ2v) is 27.8. The molecule has 0 bridgehead atoms. The first kappa shape index (κ1) is 109. The molecule has 0 radical (unpaired) electrons. The minimum Gasteiger partial charge on any atom is -0.463 e. The second kappa shape index (κ2) is 64.3. The van der Waals surface area contributed by atoms with Gasteiger partial charge in [-0.25, -0.2) is 28.8 Å². The molecule has 0 aromatic carbocycles. The van der Waals surface area contributed by atoms with Crippen LogP contribution in [0.5, 0.6) is 0 Å². The highest BCUT2D eigenvalue weighted by atomic mass is 16.8. The van der Waals surface area contributed by atoms with E-state index in [4.69, 9.17) is 42.9 Å². The van der Waals surface area contributed by atoms with Crippen LogP contribution in [0.15, 0.2) is 0 Å². The molecule has 7 aliphatic heterocycles. The molecule has 7 heterocycles. The van der Waals surface area contributed by atoms with Gasteiger partial charge < -0.3 is 67.0 Å². The number of esters is 1. The van der Waals surface area contributed by atoms with Crippen LogP contribution in [0.25, 0.3) is 0 Å². The molecule has 7 fully saturated rings. The maximum Gasteiger partial charge on any atom is 0.333 e. The van der Waals surface area contributed by atoms with Gasteiger partial charge in [0.1, 0.15) is 30.4 Å². The Balaban J connectivity index is 0.000000732. The number of unbranched alkanes of at least 4 members (excludes halogenated alkanes) is 5. The van der Waals surface area contributed by atoms with Gasteiger partial charge in [-0.15, -0.1) is 30.4 Å². The summed E-state index contributed by atoms with van der Waals surface area (Å²) in [4.78, 5) is 285. The Bertz CT molecular complexity index is 3420. The number of Topliss-reactive ketones (excluding diaryl/α,β-unsaturated/α-hetero) is 2. The molecule has 7 saturated heterocycles. The fourth-order valence-corrected chi connectivity index (χ4v) is 10.4. The summed E-state index contributed by atoms with van der Waals surface area (Å²) in [5.41, 5.74) is 0. The Morgan fingerprint density at radius 2 is 0.516 bits per heavy atom. The molecule has 0 spiro atoms. The van der Waals surface area contributed by atoms with E-state index in [1.54, 1.807) is 13.8 Å². The number of hydrogen-bond acceptors (Lipinski definition) is 35. The number of hydrogen-bond donors (Lipinski definition) is 0. The molecule has 2 unspecified atom stereocenters. The standard InChI is InChI=1S/C19H33NO7.C18H29NO8.C11H17NO4.C10H13NO5.C9H11NO5.C7H9NO4.C6H9NO2/c1-3-11-24-14-16(26-12-4-2)15-25-13-7-5-6-8-19(23)27-20-17(21)9-10-18(20)22;1-3-10-24-12-14(25-11-4-2)13-26-17(22)6-5-7-18(23)27-19-15(20)8-9-16(19)21;1-2-3-4-5-6-11(15)16-12-9(13)7-8-10(12)14;1-7(12)3-2-4-10(15)16-11-8(13)5-6-9(11)14;1-6(11)2-5-9(14)15-10-7(12)3-4-8(10)13;1-2-7(11)12-8-5(9)3-4-6(8)10;1-2-7-5(8)3-4-6(7)9/h16H,3-15H2,1-2H3;14H,3-13H2,1-2H3;2-8H2,1H3;2-6H2,1H3;2-5H2,1H3;2-4H2,1H3;2-4H2,1H3. The highest BCUT2D eigenvalue weighted by Gasteiger charge is 2.38. The Morgan fingerprint density at radius 1 is 0.254 bits per heavy atom. The van der Waals surface area contributed by atoms with Crippen molar-refractivity contribution in [1.82, 2.24) is 35.3 Å². The number of hydroxylamine groups is 12. The molecule has 2 atom stereocenters. The maximum atomic E-state index is 11.8. The average Bonchev–Trinajstić information content (AvgIpc) is 1.76.